The number of benzene rings is 1. The summed E-state index contributed by atoms with van der Waals surface area (Å²) in [5, 5.41) is 0.428. The van der Waals surface area contributed by atoms with Gasteiger partial charge in [0, 0.05) is 10.0 Å². The summed E-state index contributed by atoms with van der Waals surface area (Å²) in [6.45, 7) is 0.259. The Morgan fingerprint density at radius 2 is 2.31 bits per heavy atom. The number of rotatable bonds is 0. The molecule has 1 heterocycles. The van der Waals surface area contributed by atoms with Crippen molar-refractivity contribution in [3.8, 4) is 0 Å². The Bertz CT molecular complexity index is 406. The monoisotopic (exact) mass is 261 g/mol. The van der Waals surface area contributed by atoms with Gasteiger partial charge in [0.2, 0.25) is 0 Å². The van der Waals surface area contributed by atoms with E-state index in [4.69, 9.17) is 22.1 Å². The molecular weight excluding hydrogens is 257 g/mol. The summed E-state index contributed by atoms with van der Waals surface area (Å²) in [6, 6.07) is 1.54. The summed E-state index contributed by atoms with van der Waals surface area (Å²) in [4.78, 5) is 11.1. The topological polar surface area (TPSA) is 52.3 Å². The normalized spacial score (nSPS) is 14.2. The van der Waals surface area contributed by atoms with E-state index in [1.165, 1.54) is 6.07 Å². The van der Waals surface area contributed by atoms with E-state index >= 15 is 0 Å². The molecule has 0 bridgehead atoms. The van der Waals surface area contributed by atoms with Crippen molar-refractivity contribution in [2.75, 3.05) is 5.73 Å². The molecule has 0 saturated carbocycles. The van der Waals surface area contributed by atoms with Crippen LogP contribution in [0.2, 0.25) is 5.02 Å². The predicted octanol–water partition coefficient (Wildman–Crippen LogP) is 2.36. The number of nitrogen functional groups attached to an aromatic ring is 1. The summed E-state index contributed by atoms with van der Waals surface area (Å²) < 4.78 is 5.48. The average Bonchev–Trinajstić information content (AvgIpc) is 2.45. The maximum Gasteiger partial charge on any atom is 0.338 e. The zero-order valence-corrected chi connectivity index (χ0v) is 8.78. The lowest BCUT2D eigenvalue weighted by Gasteiger charge is -2.04. The number of cyclic esters (lactones) is 1. The van der Waals surface area contributed by atoms with Crippen molar-refractivity contribution in [1.82, 2.24) is 0 Å². The lowest BCUT2D eigenvalue weighted by Crippen LogP contribution is -1.97. The molecule has 1 aromatic carbocycles. The minimum absolute atomic E-state index is 0.259. The Morgan fingerprint density at radius 1 is 1.62 bits per heavy atom. The minimum atomic E-state index is -0.348. The number of carbonyl (C=O) groups excluding carboxylic acids is 1. The average molecular weight is 262 g/mol. The molecule has 13 heavy (non-hydrogen) atoms. The van der Waals surface area contributed by atoms with Gasteiger partial charge in [0.25, 0.3) is 0 Å². The number of fused-ring (bicyclic) bond motifs is 1. The fraction of sp³-hybridized carbons (Fsp3) is 0.125. The highest BCUT2D eigenvalue weighted by molar-refractivity contribution is 9.10. The second-order valence-electron chi connectivity index (χ2n) is 2.70. The number of hydrogen-bond acceptors (Lipinski definition) is 3. The predicted molar refractivity (Wildman–Crippen MR) is 52.7 cm³/mol. The number of carbonyl (C=O) groups is 1. The minimum Gasteiger partial charge on any atom is -0.457 e. The van der Waals surface area contributed by atoms with Crippen LogP contribution < -0.4 is 5.73 Å². The molecule has 0 aliphatic carbocycles. The molecule has 1 aliphatic rings. The van der Waals surface area contributed by atoms with Crippen LogP contribution in [0.3, 0.4) is 0 Å². The van der Waals surface area contributed by atoms with Crippen LogP contribution in [0.15, 0.2) is 10.5 Å². The third-order valence-corrected chi connectivity index (χ3v) is 3.41. The van der Waals surface area contributed by atoms with E-state index in [0.717, 1.165) is 5.56 Å². The Labute approximate surface area is 87.9 Å². The van der Waals surface area contributed by atoms with Crippen molar-refractivity contribution in [3.05, 3.63) is 26.7 Å². The fourth-order valence-electron chi connectivity index (χ4n) is 1.22. The number of halogens is 2. The van der Waals surface area contributed by atoms with E-state index < -0.39 is 0 Å². The Kier molecular flexibility index (Phi) is 1.96. The van der Waals surface area contributed by atoms with Crippen LogP contribution in [-0.2, 0) is 11.3 Å². The molecule has 68 valence electrons. The zero-order valence-electron chi connectivity index (χ0n) is 6.43. The molecule has 0 amide bonds. The third-order valence-electron chi connectivity index (χ3n) is 1.90. The van der Waals surface area contributed by atoms with Crippen LogP contribution in [0.1, 0.15) is 15.9 Å². The summed E-state index contributed by atoms with van der Waals surface area (Å²) in [5.41, 5.74) is 7.23. The fourth-order valence-corrected chi connectivity index (χ4v) is 1.95. The lowest BCUT2D eigenvalue weighted by molar-refractivity contribution is 0.0535. The molecular formula is C8H5BrClNO2. The first kappa shape index (κ1) is 8.84. The van der Waals surface area contributed by atoms with Gasteiger partial charge in [-0.2, -0.15) is 0 Å². The molecule has 0 radical (unpaired) electrons. The summed E-state index contributed by atoms with van der Waals surface area (Å²) in [6.07, 6.45) is 0. The van der Waals surface area contributed by atoms with Gasteiger partial charge >= 0.3 is 5.97 Å². The molecule has 5 heteroatoms. The van der Waals surface area contributed by atoms with Gasteiger partial charge < -0.3 is 10.5 Å². The highest BCUT2D eigenvalue weighted by Gasteiger charge is 2.25. The number of nitrogens with two attached hydrogens (primary N) is 1. The molecule has 2 rings (SSSR count). The van der Waals surface area contributed by atoms with Gasteiger partial charge in [-0.1, -0.05) is 11.6 Å². The summed E-state index contributed by atoms with van der Waals surface area (Å²) >= 11 is 9.14. The molecule has 0 aromatic heterocycles. The highest BCUT2D eigenvalue weighted by Crippen LogP contribution is 2.37. The number of hydrogen-bond donors (Lipinski definition) is 1. The summed E-state index contributed by atoms with van der Waals surface area (Å²) in [5.74, 6) is -0.348. The van der Waals surface area contributed by atoms with Crippen LogP contribution in [0.5, 0.6) is 0 Å². The highest BCUT2D eigenvalue weighted by atomic mass is 79.9. The maximum absolute atomic E-state index is 11.1. The standard InChI is InChI=1S/C8H5BrClNO2/c9-6-4-2-13-8(12)3(4)1-5(11)7(6)10/h1H,2,11H2. The van der Waals surface area contributed by atoms with Gasteiger partial charge in [-0.3, -0.25) is 0 Å². The van der Waals surface area contributed by atoms with Gasteiger partial charge in [0.15, 0.2) is 0 Å². The van der Waals surface area contributed by atoms with Gasteiger partial charge in [-0.05, 0) is 22.0 Å². The van der Waals surface area contributed by atoms with Crippen LogP contribution in [-0.4, -0.2) is 5.97 Å². The van der Waals surface area contributed by atoms with E-state index in [1.807, 2.05) is 0 Å². The molecule has 2 N–H and O–H groups in total. The third kappa shape index (κ3) is 1.21. The van der Waals surface area contributed by atoms with Crippen LogP contribution in [0.25, 0.3) is 0 Å². The molecule has 1 aliphatic heterocycles. The maximum atomic E-state index is 11.1. The first-order valence-corrected chi connectivity index (χ1v) is 4.72. The Hall–Kier alpha value is -0.740. The van der Waals surface area contributed by atoms with Gasteiger partial charge in [0.1, 0.15) is 6.61 Å². The van der Waals surface area contributed by atoms with E-state index in [9.17, 15) is 4.79 Å². The lowest BCUT2D eigenvalue weighted by atomic mass is 10.1. The first-order valence-electron chi connectivity index (χ1n) is 3.54. The van der Waals surface area contributed by atoms with E-state index in [2.05, 4.69) is 15.9 Å². The van der Waals surface area contributed by atoms with E-state index in [0.29, 0.717) is 20.7 Å². The molecule has 3 nitrogen and oxygen atoms in total. The zero-order chi connectivity index (χ0) is 9.59. The molecule has 0 unspecified atom stereocenters. The summed E-state index contributed by atoms with van der Waals surface area (Å²) in [7, 11) is 0. The van der Waals surface area contributed by atoms with Crippen molar-refractivity contribution >= 4 is 39.2 Å². The van der Waals surface area contributed by atoms with E-state index in [-0.39, 0.29) is 12.6 Å². The van der Waals surface area contributed by atoms with Gasteiger partial charge in [-0.15, -0.1) is 0 Å². The largest absolute Gasteiger partial charge is 0.457 e. The van der Waals surface area contributed by atoms with Crippen molar-refractivity contribution < 1.29 is 9.53 Å². The molecule has 0 atom stereocenters. The van der Waals surface area contributed by atoms with Crippen LogP contribution in [0, 0.1) is 0 Å². The number of ether oxygens (including phenoxy) is 1. The van der Waals surface area contributed by atoms with Crippen molar-refractivity contribution in [2.24, 2.45) is 0 Å². The smallest absolute Gasteiger partial charge is 0.338 e. The quantitative estimate of drug-likeness (QED) is 0.577. The SMILES string of the molecule is Nc1cc2c(c(Br)c1Cl)COC2=O. The molecule has 1 aromatic rings. The van der Waals surface area contributed by atoms with Crippen LogP contribution in [0.4, 0.5) is 5.69 Å². The molecule has 0 spiro atoms. The van der Waals surface area contributed by atoms with Crippen molar-refractivity contribution in [3.63, 3.8) is 0 Å². The molecule has 0 fully saturated rings. The number of esters is 1. The Balaban J connectivity index is 2.74. The first-order chi connectivity index (χ1) is 6.11. The number of anilines is 1. The van der Waals surface area contributed by atoms with Crippen molar-refractivity contribution in [1.29, 1.82) is 0 Å². The van der Waals surface area contributed by atoms with E-state index in [1.54, 1.807) is 0 Å². The molecule has 0 saturated heterocycles. The van der Waals surface area contributed by atoms with Crippen molar-refractivity contribution in [2.45, 2.75) is 6.61 Å². The Morgan fingerprint density at radius 3 is 3.00 bits per heavy atom. The van der Waals surface area contributed by atoms with Gasteiger partial charge in [-0.25, -0.2) is 4.79 Å². The second kappa shape index (κ2) is 2.89. The van der Waals surface area contributed by atoms with Crippen LogP contribution >= 0.6 is 27.5 Å². The van der Waals surface area contributed by atoms with Gasteiger partial charge in [0.05, 0.1) is 16.3 Å². The second-order valence-corrected chi connectivity index (χ2v) is 3.87.